The van der Waals surface area contributed by atoms with E-state index in [0.717, 1.165) is 64.0 Å². The lowest BCUT2D eigenvalue weighted by atomic mass is 9.72. The molecular weight excluding hydrogens is 566 g/mol. The van der Waals surface area contributed by atoms with Crippen LogP contribution in [0.5, 0.6) is 5.75 Å². The van der Waals surface area contributed by atoms with Gasteiger partial charge in [-0.3, -0.25) is 0 Å². The number of halogens is 5. The molecule has 1 aliphatic heterocycles. The Morgan fingerprint density at radius 3 is 2.44 bits per heavy atom. The van der Waals surface area contributed by atoms with Crippen molar-refractivity contribution >= 4 is 52.3 Å². The molecule has 1 atom stereocenters. The minimum absolute atomic E-state index is 0. The SMILES string of the molecule is Cl.Cl.OC1(C(CN2CCNCC2)c2ccc(OCc3ccc(Br)cc3F)c(Cl)c2)CCCCC1. The van der Waals surface area contributed by atoms with E-state index < -0.39 is 5.60 Å². The molecule has 0 radical (unpaired) electrons. The van der Waals surface area contributed by atoms with E-state index in [0.29, 0.717) is 20.8 Å². The molecule has 0 spiro atoms. The van der Waals surface area contributed by atoms with Gasteiger partial charge in [-0.2, -0.15) is 0 Å². The molecule has 2 aliphatic rings. The summed E-state index contributed by atoms with van der Waals surface area (Å²) < 4.78 is 20.6. The summed E-state index contributed by atoms with van der Waals surface area (Å²) in [6, 6.07) is 10.7. The van der Waals surface area contributed by atoms with E-state index in [2.05, 4.69) is 26.1 Å². The van der Waals surface area contributed by atoms with Crippen LogP contribution in [0, 0.1) is 5.82 Å². The van der Waals surface area contributed by atoms with E-state index in [-0.39, 0.29) is 43.2 Å². The van der Waals surface area contributed by atoms with Gasteiger partial charge < -0.3 is 20.1 Å². The number of rotatable bonds is 7. The molecular formula is C25H33BrCl3FN2O2. The van der Waals surface area contributed by atoms with Crippen LogP contribution in [0.1, 0.15) is 49.1 Å². The fourth-order valence-corrected chi connectivity index (χ4v) is 5.47. The van der Waals surface area contributed by atoms with Gasteiger partial charge in [-0.25, -0.2) is 4.39 Å². The third-order valence-electron chi connectivity index (χ3n) is 6.78. The normalized spacial score (nSPS) is 18.9. The van der Waals surface area contributed by atoms with Gasteiger partial charge >= 0.3 is 0 Å². The standard InChI is InChI=1S/C25H31BrClFN2O2.2ClH/c26-20-6-4-19(23(28)15-20)17-32-24-7-5-18(14-22(24)27)21(16-30-12-10-29-11-13-30)25(31)8-2-1-3-9-25;;/h4-7,14-15,21,29,31H,1-3,8-13,16-17H2;2*1H. The zero-order valence-corrected chi connectivity index (χ0v) is 23.0. The number of aliphatic hydroxyl groups is 1. The lowest BCUT2D eigenvalue weighted by Gasteiger charge is -2.42. The highest BCUT2D eigenvalue weighted by atomic mass is 79.9. The highest BCUT2D eigenvalue weighted by molar-refractivity contribution is 9.10. The fourth-order valence-electron chi connectivity index (χ4n) is 4.90. The predicted octanol–water partition coefficient (Wildman–Crippen LogP) is 6.35. The lowest BCUT2D eigenvalue weighted by molar-refractivity contribution is -0.0316. The van der Waals surface area contributed by atoms with Crippen molar-refractivity contribution in [2.75, 3.05) is 32.7 Å². The number of hydrogen-bond acceptors (Lipinski definition) is 4. The van der Waals surface area contributed by atoms with E-state index in [9.17, 15) is 9.50 Å². The quantitative estimate of drug-likeness (QED) is 0.390. The maximum atomic E-state index is 14.1. The minimum Gasteiger partial charge on any atom is -0.487 e. The smallest absolute Gasteiger partial charge is 0.138 e. The molecule has 9 heteroatoms. The van der Waals surface area contributed by atoms with Crippen LogP contribution in [-0.2, 0) is 6.61 Å². The van der Waals surface area contributed by atoms with E-state index in [1.165, 1.54) is 12.5 Å². The molecule has 1 saturated heterocycles. The van der Waals surface area contributed by atoms with Gasteiger partial charge in [0.05, 0.1) is 10.6 Å². The molecule has 0 bridgehead atoms. The van der Waals surface area contributed by atoms with Crippen molar-refractivity contribution in [3.63, 3.8) is 0 Å². The fraction of sp³-hybridized carbons (Fsp3) is 0.520. The van der Waals surface area contributed by atoms with Gasteiger partial charge in [-0.1, -0.05) is 58.9 Å². The summed E-state index contributed by atoms with van der Waals surface area (Å²) in [6.45, 7) is 4.85. The van der Waals surface area contributed by atoms with Crippen molar-refractivity contribution in [1.29, 1.82) is 0 Å². The van der Waals surface area contributed by atoms with Gasteiger partial charge in [0.2, 0.25) is 0 Å². The molecule has 34 heavy (non-hydrogen) atoms. The summed E-state index contributed by atoms with van der Waals surface area (Å²) in [5.74, 6) is 0.202. The van der Waals surface area contributed by atoms with Crippen LogP contribution in [0.15, 0.2) is 40.9 Å². The number of piperazine rings is 1. The number of hydrogen-bond donors (Lipinski definition) is 2. The van der Waals surface area contributed by atoms with Crippen LogP contribution in [0.4, 0.5) is 4.39 Å². The summed E-state index contributed by atoms with van der Waals surface area (Å²) in [7, 11) is 0. The second-order valence-electron chi connectivity index (χ2n) is 8.98. The van der Waals surface area contributed by atoms with Crippen LogP contribution < -0.4 is 10.1 Å². The van der Waals surface area contributed by atoms with E-state index >= 15 is 0 Å². The number of ether oxygens (including phenoxy) is 1. The zero-order chi connectivity index (χ0) is 22.6. The molecule has 2 N–H and O–H groups in total. The van der Waals surface area contributed by atoms with Crippen LogP contribution >= 0.6 is 52.3 Å². The van der Waals surface area contributed by atoms with Crippen molar-refractivity contribution in [2.24, 2.45) is 0 Å². The highest BCUT2D eigenvalue weighted by Gasteiger charge is 2.39. The third kappa shape index (κ3) is 7.45. The molecule has 190 valence electrons. The molecule has 0 amide bonds. The Hall–Kier alpha value is -0.600. The largest absolute Gasteiger partial charge is 0.487 e. The molecule has 1 aliphatic carbocycles. The first-order chi connectivity index (χ1) is 15.4. The zero-order valence-electron chi connectivity index (χ0n) is 19.1. The Morgan fingerprint density at radius 2 is 1.79 bits per heavy atom. The monoisotopic (exact) mass is 596 g/mol. The number of nitrogens with zero attached hydrogens (tertiary/aromatic N) is 1. The number of benzene rings is 2. The van der Waals surface area contributed by atoms with Crippen LogP contribution in [0.3, 0.4) is 0 Å². The molecule has 1 heterocycles. The van der Waals surface area contributed by atoms with Crippen LogP contribution in [0.25, 0.3) is 0 Å². The third-order valence-corrected chi connectivity index (χ3v) is 7.56. The molecule has 1 saturated carbocycles. The van der Waals surface area contributed by atoms with Gasteiger partial charge in [0.1, 0.15) is 18.2 Å². The molecule has 4 rings (SSSR count). The average molecular weight is 599 g/mol. The molecule has 2 aromatic rings. The van der Waals surface area contributed by atoms with Crippen LogP contribution in [0.2, 0.25) is 5.02 Å². The highest BCUT2D eigenvalue weighted by Crippen LogP contribution is 2.42. The van der Waals surface area contributed by atoms with Crippen molar-refractivity contribution in [2.45, 2.75) is 50.2 Å². The van der Waals surface area contributed by atoms with E-state index in [1.807, 2.05) is 18.2 Å². The molecule has 2 fully saturated rings. The summed E-state index contributed by atoms with van der Waals surface area (Å²) >= 11 is 9.87. The molecule has 1 unspecified atom stereocenters. The Balaban J connectivity index is 0.00000204. The molecule has 2 aromatic carbocycles. The van der Waals surface area contributed by atoms with Gasteiger partial charge in [0, 0.05) is 48.7 Å². The van der Waals surface area contributed by atoms with E-state index in [4.69, 9.17) is 16.3 Å². The van der Waals surface area contributed by atoms with E-state index in [1.54, 1.807) is 12.1 Å². The predicted molar refractivity (Wildman–Crippen MR) is 144 cm³/mol. The summed E-state index contributed by atoms with van der Waals surface area (Å²) in [5.41, 5.74) is 0.802. The molecule has 0 aromatic heterocycles. The maximum absolute atomic E-state index is 14.1. The molecule has 4 nitrogen and oxygen atoms in total. The van der Waals surface area contributed by atoms with Crippen molar-refractivity contribution in [3.05, 3.63) is 62.8 Å². The summed E-state index contributed by atoms with van der Waals surface area (Å²) in [5, 5.41) is 15.5. The Labute approximate surface area is 227 Å². The van der Waals surface area contributed by atoms with Crippen molar-refractivity contribution in [1.82, 2.24) is 10.2 Å². The number of nitrogens with one attached hydrogen (secondary N) is 1. The van der Waals surface area contributed by atoms with Crippen molar-refractivity contribution < 1.29 is 14.2 Å². The van der Waals surface area contributed by atoms with Gasteiger partial charge in [-0.15, -0.1) is 24.8 Å². The summed E-state index contributed by atoms with van der Waals surface area (Å²) in [6.07, 6.45) is 4.94. The van der Waals surface area contributed by atoms with Gasteiger partial charge in [0.25, 0.3) is 0 Å². The topological polar surface area (TPSA) is 44.7 Å². The van der Waals surface area contributed by atoms with Crippen LogP contribution in [-0.4, -0.2) is 48.3 Å². The first-order valence-electron chi connectivity index (χ1n) is 11.5. The second kappa shape index (κ2) is 13.6. The Bertz CT molecular complexity index is 925. The first kappa shape index (κ1) is 29.6. The second-order valence-corrected chi connectivity index (χ2v) is 10.3. The van der Waals surface area contributed by atoms with Crippen molar-refractivity contribution in [3.8, 4) is 5.75 Å². The van der Waals surface area contributed by atoms with Gasteiger partial charge in [0.15, 0.2) is 0 Å². The minimum atomic E-state index is -0.713. The first-order valence-corrected chi connectivity index (χ1v) is 12.6. The lowest BCUT2D eigenvalue weighted by Crippen LogP contribution is -2.49. The van der Waals surface area contributed by atoms with Gasteiger partial charge in [-0.05, 0) is 42.7 Å². The Kier molecular flexibility index (Phi) is 11.9. The Morgan fingerprint density at radius 1 is 1.09 bits per heavy atom. The maximum Gasteiger partial charge on any atom is 0.138 e. The summed E-state index contributed by atoms with van der Waals surface area (Å²) in [4.78, 5) is 2.43. The average Bonchev–Trinajstić information content (AvgIpc) is 2.79.